The molecule has 0 bridgehead atoms. The van der Waals surface area contributed by atoms with E-state index >= 15 is 0 Å². The Hall–Kier alpha value is -2.73. The van der Waals surface area contributed by atoms with E-state index in [4.69, 9.17) is 4.74 Å². The Morgan fingerprint density at radius 3 is 2.74 bits per heavy atom. The van der Waals surface area contributed by atoms with Gasteiger partial charge in [-0.15, -0.1) is 11.3 Å². The van der Waals surface area contributed by atoms with Crippen LogP contribution in [0, 0.1) is 0 Å². The van der Waals surface area contributed by atoms with Crippen LogP contribution in [0.1, 0.15) is 48.5 Å². The number of rotatable bonds is 6. The molecule has 0 saturated heterocycles. The quantitative estimate of drug-likeness (QED) is 0.638. The molecule has 1 aromatic carbocycles. The van der Waals surface area contributed by atoms with Crippen LogP contribution >= 0.6 is 11.3 Å². The highest BCUT2D eigenvalue weighted by Crippen LogP contribution is 2.25. The van der Waals surface area contributed by atoms with Gasteiger partial charge in [0.15, 0.2) is 0 Å². The molecule has 1 atom stereocenters. The van der Waals surface area contributed by atoms with E-state index in [1.54, 1.807) is 29.8 Å². The second-order valence-electron chi connectivity index (χ2n) is 6.94. The van der Waals surface area contributed by atoms with Gasteiger partial charge in [0.1, 0.15) is 4.88 Å². The van der Waals surface area contributed by atoms with Crippen molar-refractivity contribution in [3.8, 4) is 0 Å². The molecule has 2 heterocycles. The predicted octanol–water partition coefficient (Wildman–Crippen LogP) is 4.50. The summed E-state index contributed by atoms with van der Waals surface area (Å²) in [5.41, 5.74) is 1.03. The highest BCUT2D eigenvalue weighted by Gasteiger charge is 2.30. The van der Waals surface area contributed by atoms with E-state index < -0.39 is 17.6 Å². The van der Waals surface area contributed by atoms with E-state index in [1.807, 2.05) is 45.0 Å². The number of thiophene rings is 1. The fraction of sp³-hybridized carbons (Fsp3) is 0.286. The third-order valence-corrected chi connectivity index (χ3v) is 5.31. The lowest BCUT2D eigenvalue weighted by Crippen LogP contribution is -2.45. The Morgan fingerprint density at radius 2 is 2.04 bits per heavy atom. The lowest BCUT2D eigenvalue weighted by atomic mass is 10.00. The first kappa shape index (κ1) is 19.0. The highest BCUT2D eigenvalue weighted by atomic mass is 32.1. The summed E-state index contributed by atoms with van der Waals surface area (Å²) < 4.78 is 5.62. The summed E-state index contributed by atoms with van der Waals surface area (Å²) in [5.74, 6) is -0.847. The smallest absolute Gasteiger partial charge is 0.349 e. The monoisotopic (exact) mass is 382 g/mol. The minimum atomic E-state index is -1.03. The van der Waals surface area contributed by atoms with E-state index in [9.17, 15) is 9.59 Å². The van der Waals surface area contributed by atoms with Crippen molar-refractivity contribution in [3.05, 3.63) is 64.5 Å². The molecule has 0 aliphatic carbocycles. The number of amides is 1. The topological polar surface area (TPSA) is 68.3 Å². The molecule has 1 N–H and O–H groups in total. The molecule has 2 aromatic heterocycles. The molecule has 0 spiro atoms. The molecule has 5 nitrogen and oxygen atoms in total. The first-order valence-corrected chi connectivity index (χ1v) is 9.69. The highest BCUT2D eigenvalue weighted by molar-refractivity contribution is 7.11. The number of hydrogen-bond donors (Lipinski definition) is 1. The summed E-state index contributed by atoms with van der Waals surface area (Å²) in [4.78, 5) is 30.2. The van der Waals surface area contributed by atoms with Crippen LogP contribution in [0.3, 0.4) is 0 Å². The largest absolute Gasteiger partial charge is 0.443 e. The van der Waals surface area contributed by atoms with Gasteiger partial charge in [-0.3, -0.25) is 9.78 Å². The van der Waals surface area contributed by atoms with Crippen molar-refractivity contribution in [2.24, 2.45) is 0 Å². The van der Waals surface area contributed by atoms with Crippen molar-refractivity contribution >= 4 is 34.1 Å². The summed E-state index contributed by atoms with van der Waals surface area (Å²) in [6.45, 7) is 5.87. The number of pyridine rings is 1. The molecular formula is C21H22N2O3S. The number of carbonyl (C=O) groups is 2. The van der Waals surface area contributed by atoms with Crippen molar-refractivity contribution in [3.63, 3.8) is 0 Å². The number of nitrogens with one attached hydrogen (secondary N) is 1. The second kappa shape index (κ2) is 7.88. The van der Waals surface area contributed by atoms with E-state index in [-0.39, 0.29) is 5.91 Å². The summed E-state index contributed by atoms with van der Waals surface area (Å²) in [6, 6.07) is 12.7. The Morgan fingerprint density at radius 1 is 1.22 bits per heavy atom. The molecule has 6 heteroatoms. The first-order chi connectivity index (χ1) is 12.9. The minimum Gasteiger partial charge on any atom is -0.443 e. The van der Waals surface area contributed by atoms with Gasteiger partial charge in [0.05, 0.1) is 5.52 Å². The first-order valence-electron chi connectivity index (χ1n) is 8.81. The summed E-state index contributed by atoms with van der Waals surface area (Å²) in [5, 5.41) is 5.66. The number of hydrogen-bond acceptors (Lipinski definition) is 5. The van der Waals surface area contributed by atoms with Crippen molar-refractivity contribution in [1.82, 2.24) is 10.3 Å². The zero-order valence-corrected chi connectivity index (χ0v) is 16.4. The minimum absolute atomic E-state index is 0.338. The van der Waals surface area contributed by atoms with Crippen LogP contribution in [0.5, 0.6) is 0 Å². The van der Waals surface area contributed by atoms with Crippen molar-refractivity contribution in [1.29, 1.82) is 0 Å². The fourth-order valence-corrected chi connectivity index (χ4v) is 3.18. The molecule has 27 heavy (non-hydrogen) atoms. The Labute approximate surface area is 162 Å². The van der Waals surface area contributed by atoms with E-state index in [0.29, 0.717) is 10.4 Å². The Kier molecular flexibility index (Phi) is 5.56. The third kappa shape index (κ3) is 4.52. The van der Waals surface area contributed by atoms with Gasteiger partial charge in [-0.1, -0.05) is 25.1 Å². The van der Waals surface area contributed by atoms with Crippen LogP contribution in [-0.4, -0.2) is 22.4 Å². The molecule has 0 unspecified atom stereocenters. The zero-order valence-electron chi connectivity index (χ0n) is 15.6. The van der Waals surface area contributed by atoms with Gasteiger partial charge >= 0.3 is 5.97 Å². The number of carbonyl (C=O) groups excluding carboxylic acids is 2. The van der Waals surface area contributed by atoms with Crippen molar-refractivity contribution in [2.45, 2.75) is 38.8 Å². The fourth-order valence-electron chi connectivity index (χ4n) is 2.58. The lowest BCUT2D eigenvalue weighted by Gasteiger charge is -2.27. The predicted molar refractivity (Wildman–Crippen MR) is 107 cm³/mol. The summed E-state index contributed by atoms with van der Waals surface area (Å²) in [6.07, 6.45) is 1.44. The van der Waals surface area contributed by atoms with Gasteiger partial charge in [-0.05, 0) is 49.9 Å². The standard InChI is InChI=1S/C21H22N2O3S/c1-4-21(2,3)23-19(24)18(26-20(25)17-8-6-12-27-17)15-9-10-16-14(13-15)7-5-11-22-16/h5-13,18H,4H2,1-3H3,(H,23,24)/t18-/m1/s1. The van der Waals surface area contributed by atoms with Crippen LogP contribution in [-0.2, 0) is 9.53 Å². The lowest BCUT2D eigenvalue weighted by molar-refractivity contribution is -0.132. The summed E-state index contributed by atoms with van der Waals surface area (Å²) >= 11 is 1.28. The number of nitrogens with zero attached hydrogens (tertiary/aromatic N) is 1. The molecule has 0 aliphatic heterocycles. The molecular weight excluding hydrogens is 360 g/mol. The maximum Gasteiger partial charge on any atom is 0.349 e. The summed E-state index contributed by atoms with van der Waals surface area (Å²) in [7, 11) is 0. The number of ether oxygens (including phenoxy) is 1. The van der Waals surface area contributed by atoms with Crippen LogP contribution in [0.15, 0.2) is 54.0 Å². The van der Waals surface area contributed by atoms with E-state index in [2.05, 4.69) is 10.3 Å². The van der Waals surface area contributed by atoms with E-state index in [0.717, 1.165) is 17.3 Å². The molecule has 3 aromatic rings. The Bertz CT molecular complexity index is 951. The molecule has 0 aliphatic rings. The number of benzene rings is 1. The molecule has 140 valence electrons. The van der Waals surface area contributed by atoms with E-state index in [1.165, 1.54) is 11.3 Å². The number of esters is 1. The van der Waals surface area contributed by atoms with Crippen molar-refractivity contribution < 1.29 is 14.3 Å². The van der Waals surface area contributed by atoms with Gasteiger partial charge in [0.2, 0.25) is 6.10 Å². The molecule has 3 rings (SSSR count). The van der Waals surface area contributed by atoms with Crippen molar-refractivity contribution in [2.75, 3.05) is 0 Å². The second-order valence-corrected chi connectivity index (χ2v) is 7.89. The SMILES string of the molecule is CCC(C)(C)NC(=O)[C@H](OC(=O)c1cccs1)c1ccc2ncccc2c1. The van der Waals surface area contributed by atoms with Gasteiger partial charge in [0, 0.05) is 22.7 Å². The average Bonchev–Trinajstić information content (AvgIpc) is 3.20. The number of aromatic nitrogens is 1. The zero-order chi connectivity index (χ0) is 19.4. The van der Waals surface area contributed by atoms with Gasteiger partial charge < -0.3 is 10.1 Å². The average molecular weight is 382 g/mol. The normalized spacial score (nSPS) is 12.6. The molecule has 0 fully saturated rings. The molecule has 0 radical (unpaired) electrons. The van der Waals surface area contributed by atoms with Crippen LogP contribution in [0.2, 0.25) is 0 Å². The van der Waals surface area contributed by atoms with Gasteiger partial charge in [-0.2, -0.15) is 0 Å². The van der Waals surface area contributed by atoms with Crippen LogP contribution in [0.4, 0.5) is 0 Å². The maximum absolute atomic E-state index is 13.0. The van der Waals surface area contributed by atoms with Gasteiger partial charge in [0.25, 0.3) is 5.91 Å². The maximum atomic E-state index is 13.0. The molecule has 1 amide bonds. The van der Waals surface area contributed by atoms with Crippen LogP contribution in [0.25, 0.3) is 10.9 Å². The van der Waals surface area contributed by atoms with Crippen LogP contribution < -0.4 is 5.32 Å². The third-order valence-electron chi connectivity index (χ3n) is 4.46. The molecule has 0 saturated carbocycles. The Balaban J connectivity index is 1.94. The number of fused-ring (bicyclic) bond motifs is 1. The van der Waals surface area contributed by atoms with Gasteiger partial charge in [-0.25, -0.2) is 4.79 Å².